The molecule has 136 valence electrons. The van der Waals surface area contributed by atoms with Gasteiger partial charge in [0.1, 0.15) is 11.6 Å². The normalized spacial score (nSPS) is 21.0. The second-order valence-electron chi connectivity index (χ2n) is 7.00. The van der Waals surface area contributed by atoms with Crippen molar-refractivity contribution >= 4 is 11.5 Å². The Morgan fingerprint density at radius 3 is 2.65 bits per heavy atom. The van der Waals surface area contributed by atoms with Gasteiger partial charge in [-0.1, -0.05) is 0 Å². The number of hydrogen-bond acceptors (Lipinski definition) is 5. The molecule has 6 nitrogen and oxygen atoms in total. The summed E-state index contributed by atoms with van der Waals surface area (Å²) in [6.45, 7) is 5.66. The topological polar surface area (TPSA) is 65.7 Å². The minimum absolute atomic E-state index is 0.0896. The van der Waals surface area contributed by atoms with E-state index in [9.17, 15) is 9.50 Å². The van der Waals surface area contributed by atoms with Gasteiger partial charge in [-0.2, -0.15) is 9.61 Å². The highest BCUT2D eigenvalue weighted by molar-refractivity contribution is 5.66. The molecule has 0 bridgehead atoms. The smallest absolute Gasteiger partial charge is 0.157 e. The summed E-state index contributed by atoms with van der Waals surface area (Å²) in [5.41, 5.74) is 2.25. The maximum absolute atomic E-state index is 13.2. The van der Waals surface area contributed by atoms with Crippen molar-refractivity contribution in [3.8, 4) is 11.3 Å². The van der Waals surface area contributed by atoms with Crippen LogP contribution in [0, 0.1) is 5.82 Å². The fourth-order valence-corrected chi connectivity index (χ4v) is 3.35. The van der Waals surface area contributed by atoms with Gasteiger partial charge in [0, 0.05) is 36.8 Å². The lowest BCUT2D eigenvalue weighted by molar-refractivity contribution is 0.161. The Morgan fingerprint density at radius 2 is 1.96 bits per heavy atom. The maximum Gasteiger partial charge on any atom is 0.157 e. The molecular weight excluding hydrogens is 333 g/mol. The Kier molecular flexibility index (Phi) is 4.34. The number of hydrogen-bond donors (Lipinski definition) is 2. The van der Waals surface area contributed by atoms with E-state index in [0.29, 0.717) is 18.2 Å². The first-order valence-electron chi connectivity index (χ1n) is 8.80. The van der Waals surface area contributed by atoms with Crippen molar-refractivity contribution in [1.82, 2.24) is 19.5 Å². The Labute approximate surface area is 151 Å². The van der Waals surface area contributed by atoms with Gasteiger partial charge in [0.2, 0.25) is 0 Å². The third kappa shape index (κ3) is 3.15. The van der Waals surface area contributed by atoms with Gasteiger partial charge in [0.05, 0.1) is 24.0 Å². The molecule has 3 aromatic rings. The van der Waals surface area contributed by atoms with E-state index in [0.717, 1.165) is 23.6 Å². The first-order chi connectivity index (χ1) is 12.5. The SMILES string of the molecule is CC(C)N1C[C@H](Nc2cc(-c3ccc(F)cc3)nc3ccnn23)[C@@H](O)C1. The van der Waals surface area contributed by atoms with Gasteiger partial charge in [-0.15, -0.1) is 0 Å². The molecule has 2 atom stereocenters. The first kappa shape index (κ1) is 16.9. The Hall–Kier alpha value is -2.51. The van der Waals surface area contributed by atoms with Crippen LogP contribution in [-0.2, 0) is 0 Å². The van der Waals surface area contributed by atoms with Crippen molar-refractivity contribution in [2.75, 3.05) is 18.4 Å². The molecule has 1 saturated heterocycles. The molecule has 0 aliphatic carbocycles. The summed E-state index contributed by atoms with van der Waals surface area (Å²) in [5, 5.41) is 18.2. The van der Waals surface area contributed by atoms with Crippen molar-refractivity contribution in [2.24, 2.45) is 0 Å². The van der Waals surface area contributed by atoms with Gasteiger partial charge in [0.25, 0.3) is 0 Å². The summed E-state index contributed by atoms with van der Waals surface area (Å²) < 4.78 is 14.9. The highest BCUT2D eigenvalue weighted by Crippen LogP contribution is 2.24. The molecule has 7 heteroatoms. The van der Waals surface area contributed by atoms with Crippen LogP contribution in [0.5, 0.6) is 0 Å². The largest absolute Gasteiger partial charge is 0.390 e. The summed E-state index contributed by atoms with van der Waals surface area (Å²) in [6, 6.07) is 10.3. The van der Waals surface area contributed by atoms with Crippen LogP contribution in [0.1, 0.15) is 13.8 Å². The van der Waals surface area contributed by atoms with Crippen LogP contribution in [0.3, 0.4) is 0 Å². The molecule has 26 heavy (non-hydrogen) atoms. The standard InChI is InChI=1S/C19H22FN5O/c1-12(2)24-10-16(17(26)11-24)23-19-9-15(13-3-5-14(20)6-4-13)22-18-7-8-21-25(18)19/h3-9,12,16-17,23,26H,10-11H2,1-2H3/t16-,17-/m0/s1. The fraction of sp³-hybridized carbons (Fsp3) is 0.368. The number of aromatic nitrogens is 3. The summed E-state index contributed by atoms with van der Waals surface area (Å²) in [5.74, 6) is 0.481. The fourth-order valence-electron chi connectivity index (χ4n) is 3.35. The minimum atomic E-state index is -0.453. The molecule has 0 amide bonds. The average Bonchev–Trinajstić information content (AvgIpc) is 3.22. The molecule has 4 rings (SSSR count). The molecule has 0 saturated carbocycles. The zero-order chi connectivity index (χ0) is 18.3. The van der Waals surface area contributed by atoms with E-state index >= 15 is 0 Å². The van der Waals surface area contributed by atoms with Crippen molar-refractivity contribution in [1.29, 1.82) is 0 Å². The molecule has 2 N–H and O–H groups in total. The lowest BCUT2D eigenvalue weighted by Crippen LogP contribution is -2.33. The molecule has 2 aromatic heterocycles. The number of fused-ring (bicyclic) bond motifs is 1. The highest BCUT2D eigenvalue weighted by atomic mass is 19.1. The molecule has 3 heterocycles. The van der Waals surface area contributed by atoms with E-state index in [1.54, 1.807) is 22.8 Å². The number of benzene rings is 1. The second kappa shape index (κ2) is 6.66. The van der Waals surface area contributed by atoms with Gasteiger partial charge in [0.15, 0.2) is 5.65 Å². The zero-order valence-electron chi connectivity index (χ0n) is 14.8. The van der Waals surface area contributed by atoms with Gasteiger partial charge in [-0.05, 0) is 38.1 Å². The van der Waals surface area contributed by atoms with Crippen molar-refractivity contribution in [3.63, 3.8) is 0 Å². The van der Waals surface area contributed by atoms with E-state index in [2.05, 4.69) is 34.1 Å². The highest BCUT2D eigenvalue weighted by Gasteiger charge is 2.33. The number of likely N-dealkylation sites (tertiary alicyclic amines) is 1. The quantitative estimate of drug-likeness (QED) is 0.752. The van der Waals surface area contributed by atoms with E-state index in [1.165, 1.54) is 12.1 Å². The number of halogens is 1. The Morgan fingerprint density at radius 1 is 1.19 bits per heavy atom. The molecule has 1 aromatic carbocycles. The second-order valence-corrected chi connectivity index (χ2v) is 7.00. The average molecular weight is 355 g/mol. The summed E-state index contributed by atoms with van der Waals surface area (Å²) >= 11 is 0. The lowest BCUT2D eigenvalue weighted by Gasteiger charge is -2.21. The molecular formula is C19H22FN5O. The molecule has 1 fully saturated rings. The number of aliphatic hydroxyl groups is 1. The van der Waals surface area contributed by atoms with Crippen molar-refractivity contribution in [2.45, 2.75) is 32.0 Å². The Balaban J connectivity index is 1.68. The third-order valence-corrected chi connectivity index (χ3v) is 4.88. The lowest BCUT2D eigenvalue weighted by atomic mass is 10.1. The first-order valence-corrected chi connectivity index (χ1v) is 8.80. The van der Waals surface area contributed by atoms with Crippen molar-refractivity contribution in [3.05, 3.63) is 48.4 Å². The minimum Gasteiger partial charge on any atom is -0.390 e. The van der Waals surface area contributed by atoms with E-state index in [-0.39, 0.29) is 11.9 Å². The molecule has 0 radical (unpaired) electrons. The maximum atomic E-state index is 13.2. The third-order valence-electron chi connectivity index (χ3n) is 4.88. The zero-order valence-corrected chi connectivity index (χ0v) is 14.8. The predicted octanol–water partition coefficient (Wildman–Crippen LogP) is 2.40. The van der Waals surface area contributed by atoms with E-state index in [4.69, 9.17) is 0 Å². The number of anilines is 1. The van der Waals surface area contributed by atoms with Crippen LogP contribution in [0.2, 0.25) is 0 Å². The van der Waals surface area contributed by atoms with Crippen LogP contribution < -0.4 is 5.32 Å². The van der Waals surface area contributed by atoms with Gasteiger partial charge in [-0.25, -0.2) is 9.37 Å². The van der Waals surface area contributed by atoms with Crippen LogP contribution in [0.25, 0.3) is 16.9 Å². The number of β-amino-alcohol motifs (C(OH)–C–C–N with tert-alkyl or cyclic N) is 1. The molecule has 1 aliphatic rings. The Bertz CT molecular complexity index is 908. The molecule has 1 aliphatic heterocycles. The number of rotatable bonds is 4. The van der Waals surface area contributed by atoms with Crippen LogP contribution in [0.4, 0.5) is 10.2 Å². The number of nitrogens with zero attached hydrogens (tertiary/aromatic N) is 4. The van der Waals surface area contributed by atoms with Gasteiger partial charge < -0.3 is 10.4 Å². The summed E-state index contributed by atoms with van der Waals surface area (Å²) in [6.07, 6.45) is 1.23. The van der Waals surface area contributed by atoms with Gasteiger partial charge in [-0.3, -0.25) is 4.90 Å². The van der Waals surface area contributed by atoms with E-state index in [1.807, 2.05) is 12.1 Å². The van der Waals surface area contributed by atoms with Crippen LogP contribution >= 0.6 is 0 Å². The summed E-state index contributed by atoms with van der Waals surface area (Å²) in [7, 11) is 0. The predicted molar refractivity (Wildman–Crippen MR) is 98.5 cm³/mol. The number of aliphatic hydroxyl groups excluding tert-OH is 1. The van der Waals surface area contributed by atoms with Crippen LogP contribution in [-0.4, -0.2) is 55.9 Å². The number of nitrogens with one attached hydrogen (secondary N) is 1. The summed E-state index contributed by atoms with van der Waals surface area (Å²) in [4.78, 5) is 6.84. The van der Waals surface area contributed by atoms with Crippen LogP contribution in [0.15, 0.2) is 42.6 Å². The molecule has 0 spiro atoms. The molecule has 0 unspecified atom stereocenters. The van der Waals surface area contributed by atoms with Gasteiger partial charge >= 0.3 is 0 Å². The van der Waals surface area contributed by atoms with Crippen molar-refractivity contribution < 1.29 is 9.50 Å². The monoisotopic (exact) mass is 355 g/mol. The van der Waals surface area contributed by atoms with E-state index < -0.39 is 6.10 Å².